The second kappa shape index (κ2) is 11.3. The summed E-state index contributed by atoms with van der Waals surface area (Å²) in [5, 5.41) is 2.35. The Labute approximate surface area is 222 Å². The Bertz CT molecular complexity index is 1370. The van der Waals surface area contributed by atoms with Gasteiger partial charge in [0.25, 0.3) is 0 Å². The van der Waals surface area contributed by atoms with E-state index in [1.54, 1.807) is 29.9 Å². The van der Waals surface area contributed by atoms with E-state index in [1.165, 1.54) is 24.7 Å². The zero-order chi connectivity index (χ0) is 24.8. The zero-order valence-corrected chi connectivity index (χ0v) is 22.9. The first-order chi connectivity index (χ1) is 16.8. The fraction of sp³-hybridized carbons (Fsp3) is 0.143. The normalized spacial score (nSPS) is 11.2. The highest BCUT2D eigenvalue weighted by Gasteiger charge is 2.24. The molecule has 0 unspecified atom stereocenters. The first-order valence-corrected chi connectivity index (χ1v) is 13.9. The van der Waals surface area contributed by atoms with Crippen molar-refractivity contribution in [2.24, 2.45) is 0 Å². The van der Waals surface area contributed by atoms with E-state index in [4.69, 9.17) is 9.47 Å². The number of nitrogens with one attached hydrogen (secondary N) is 1. The summed E-state index contributed by atoms with van der Waals surface area (Å²) in [4.78, 5) is 16.5. The van der Waals surface area contributed by atoms with E-state index in [1.807, 2.05) is 24.3 Å². The average molecular weight is 642 g/mol. The van der Waals surface area contributed by atoms with Crippen molar-refractivity contribution in [3.8, 4) is 23.0 Å². The Morgan fingerprint density at radius 2 is 1.69 bits per heavy atom. The summed E-state index contributed by atoms with van der Waals surface area (Å²) in [7, 11) is -2.50. The summed E-state index contributed by atoms with van der Waals surface area (Å²) in [6, 6.07) is 11.0. The molecule has 3 aromatic heterocycles. The van der Waals surface area contributed by atoms with Gasteiger partial charge in [0.2, 0.25) is 5.88 Å². The number of rotatable bonds is 10. The molecule has 182 valence electrons. The van der Waals surface area contributed by atoms with Crippen molar-refractivity contribution >= 4 is 64.2 Å². The lowest BCUT2D eigenvalue weighted by Gasteiger charge is -2.20. The number of halogens is 2. The maximum Gasteiger partial charge on any atom is 0.325 e. The van der Waals surface area contributed by atoms with Crippen LogP contribution in [0.3, 0.4) is 0 Å². The molecule has 0 saturated heterocycles. The van der Waals surface area contributed by atoms with Crippen molar-refractivity contribution in [1.29, 1.82) is 0 Å². The molecule has 0 spiro atoms. The number of aromatic nitrogens is 4. The summed E-state index contributed by atoms with van der Waals surface area (Å²) < 4.78 is 42.8. The van der Waals surface area contributed by atoms with E-state index in [0.717, 1.165) is 13.3 Å². The summed E-state index contributed by atoms with van der Waals surface area (Å²) in [6.45, 7) is 0.259. The largest absolute Gasteiger partial charge is 0.473 e. The van der Waals surface area contributed by atoms with Crippen LogP contribution < -0.4 is 18.5 Å². The summed E-state index contributed by atoms with van der Waals surface area (Å²) in [6.07, 6.45) is 4.38. The van der Waals surface area contributed by atoms with Crippen molar-refractivity contribution in [1.82, 2.24) is 19.9 Å². The third-order valence-corrected chi connectivity index (χ3v) is 7.87. The standard InChI is InChI=1S/C21H18Br2N6O4S2/c1-29(17-3-2-10-34-17)35(30,31)28-19-18(14-4-6-15(22)7-5-14)20(27-13-26-19)32-8-9-33-21-24-11-16(23)12-25-21/h2-7,10-13H,8-9H2,1H3,(H,26,27,28). The van der Waals surface area contributed by atoms with Crippen LogP contribution in [0.2, 0.25) is 0 Å². The van der Waals surface area contributed by atoms with E-state index in [-0.39, 0.29) is 30.9 Å². The number of thiophene rings is 1. The number of nitrogens with zero attached hydrogens (tertiary/aromatic N) is 5. The molecule has 14 heteroatoms. The Morgan fingerprint density at radius 1 is 0.971 bits per heavy atom. The molecule has 0 radical (unpaired) electrons. The van der Waals surface area contributed by atoms with E-state index >= 15 is 0 Å². The SMILES string of the molecule is CN(c1cccs1)S(=O)(=O)Nc1ncnc(OCCOc2ncc(Br)cn2)c1-c1ccc(Br)cc1. The Hall–Kier alpha value is -2.81. The highest BCUT2D eigenvalue weighted by molar-refractivity contribution is 9.10. The Kier molecular flexibility index (Phi) is 8.15. The molecule has 0 aliphatic rings. The van der Waals surface area contributed by atoms with Crippen molar-refractivity contribution in [2.75, 3.05) is 29.3 Å². The number of hydrogen-bond donors (Lipinski definition) is 1. The van der Waals surface area contributed by atoms with Crippen LogP contribution in [-0.4, -0.2) is 48.6 Å². The van der Waals surface area contributed by atoms with Crippen LogP contribution in [0, 0.1) is 0 Å². The predicted octanol–water partition coefficient (Wildman–Crippen LogP) is 4.77. The van der Waals surface area contributed by atoms with Gasteiger partial charge in [-0.15, -0.1) is 11.3 Å². The van der Waals surface area contributed by atoms with Crippen molar-refractivity contribution in [3.63, 3.8) is 0 Å². The maximum atomic E-state index is 13.1. The molecule has 35 heavy (non-hydrogen) atoms. The second-order valence-corrected chi connectivity index (χ2v) is 11.3. The molecule has 0 aliphatic carbocycles. The lowest BCUT2D eigenvalue weighted by molar-refractivity contribution is 0.202. The van der Waals surface area contributed by atoms with Gasteiger partial charge in [-0.2, -0.15) is 8.42 Å². The van der Waals surface area contributed by atoms with Gasteiger partial charge in [-0.25, -0.2) is 29.0 Å². The van der Waals surface area contributed by atoms with E-state index in [2.05, 4.69) is 56.5 Å². The highest BCUT2D eigenvalue weighted by Crippen LogP contribution is 2.35. The van der Waals surface area contributed by atoms with E-state index < -0.39 is 10.2 Å². The highest BCUT2D eigenvalue weighted by atomic mass is 79.9. The number of hydrogen-bond acceptors (Lipinski definition) is 9. The Morgan fingerprint density at radius 3 is 2.37 bits per heavy atom. The first kappa shape index (κ1) is 25.3. The van der Waals surface area contributed by atoms with Crippen molar-refractivity contribution in [2.45, 2.75) is 0 Å². The summed E-state index contributed by atoms with van der Waals surface area (Å²) in [5.41, 5.74) is 1.06. The fourth-order valence-electron chi connectivity index (χ4n) is 2.84. The topological polar surface area (TPSA) is 119 Å². The van der Waals surface area contributed by atoms with Crippen LogP contribution in [0.1, 0.15) is 0 Å². The molecular formula is C21H18Br2N6O4S2. The van der Waals surface area contributed by atoms with E-state index in [9.17, 15) is 8.42 Å². The van der Waals surface area contributed by atoms with Gasteiger partial charge in [-0.3, -0.25) is 0 Å². The molecule has 0 saturated carbocycles. The lowest BCUT2D eigenvalue weighted by Crippen LogP contribution is -2.32. The third kappa shape index (κ3) is 6.45. The molecule has 10 nitrogen and oxygen atoms in total. The molecule has 3 heterocycles. The molecule has 0 atom stereocenters. The minimum Gasteiger partial charge on any atom is -0.473 e. The number of ether oxygens (including phenoxy) is 2. The van der Waals surface area contributed by atoms with Gasteiger partial charge in [-0.1, -0.05) is 28.1 Å². The average Bonchev–Trinajstić information content (AvgIpc) is 3.38. The van der Waals surface area contributed by atoms with Crippen molar-refractivity contribution in [3.05, 3.63) is 69.4 Å². The molecule has 0 fully saturated rings. The van der Waals surface area contributed by atoms with Crippen LogP contribution in [-0.2, 0) is 10.2 Å². The smallest absolute Gasteiger partial charge is 0.325 e. The lowest BCUT2D eigenvalue weighted by atomic mass is 10.1. The van der Waals surface area contributed by atoms with Gasteiger partial charge in [0, 0.05) is 23.9 Å². The molecule has 0 amide bonds. The van der Waals surface area contributed by atoms with Crippen LogP contribution >= 0.6 is 43.2 Å². The quantitative estimate of drug-likeness (QED) is 0.246. The van der Waals surface area contributed by atoms with Gasteiger partial charge in [-0.05, 0) is 51.1 Å². The first-order valence-electron chi connectivity index (χ1n) is 9.98. The van der Waals surface area contributed by atoms with Gasteiger partial charge in [0.05, 0.1) is 10.0 Å². The predicted molar refractivity (Wildman–Crippen MR) is 141 cm³/mol. The van der Waals surface area contributed by atoms with Crippen LogP contribution in [0.4, 0.5) is 10.8 Å². The molecular weight excluding hydrogens is 624 g/mol. The van der Waals surface area contributed by atoms with Crippen LogP contribution in [0.5, 0.6) is 11.9 Å². The molecule has 1 aromatic carbocycles. The van der Waals surface area contributed by atoms with Crippen molar-refractivity contribution < 1.29 is 17.9 Å². The molecule has 4 rings (SSSR count). The Balaban J connectivity index is 1.58. The molecule has 1 N–H and O–H groups in total. The van der Waals surface area contributed by atoms with Gasteiger partial charge in [0.1, 0.15) is 24.5 Å². The summed E-state index contributed by atoms with van der Waals surface area (Å²) >= 11 is 7.98. The maximum absolute atomic E-state index is 13.1. The minimum absolute atomic E-state index is 0.0814. The number of anilines is 2. The monoisotopic (exact) mass is 640 g/mol. The van der Waals surface area contributed by atoms with Crippen LogP contribution in [0.15, 0.2) is 69.4 Å². The van der Waals surface area contributed by atoms with Gasteiger partial charge < -0.3 is 9.47 Å². The fourth-order valence-corrected chi connectivity index (χ4v) is 5.17. The molecule has 0 bridgehead atoms. The van der Waals surface area contributed by atoms with Crippen LogP contribution in [0.25, 0.3) is 11.1 Å². The number of benzene rings is 1. The third-order valence-electron chi connectivity index (χ3n) is 4.50. The molecule has 0 aliphatic heterocycles. The zero-order valence-electron chi connectivity index (χ0n) is 18.1. The van der Waals surface area contributed by atoms with Gasteiger partial charge >= 0.3 is 16.2 Å². The minimum atomic E-state index is -3.96. The summed E-state index contributed by atoms with van der Waals surface area (Å²) in [5.74, 6) is 0.275. The molecule has 4 aromatic rings. The van der Waals surface area contributed by atoms with E-state index in [0.29, 0.717) is 16.1 Å². The second-order valence-electron chi connectivity index (χ2n) is 6.82. The van der Waals surface area contributed by atoms with Gasteiger partial charge in [0.15, 0.2) is 5.82 Å².